The molecule has 0 saturated heterocycles. The number of hydrogen-bond donors (Lipinski definition) is 3. The standard InChI is InChI=1S/2C10H13NO.C6H13NOS/c2*1-8(12)10(11)7-9-5-3-2-4-6-9;1-5(8)6(7)3-4-9-2/h2*2-6,10H,7,11H2,1H3;6H,3-4,7H2,1-2H3/t2*10-;6-/m100/s1. The molecule has 0 fully saturated rings. The van der Waals surface area contributed by atoms with Crippen molar-refractivity contribution in [2.24, 2.45) is 17.2 Å². The Morgan fingerprint density at radius 2 is 1.00 bits per heavy atom. The van der Waals surface area contributed by atoms with Crippen LogP contribution in [0.5, 0.6) is 0 Å². The van der Waals surface area contributed by atoms with Crippen LogP contribution >= 0.6 is 11.8 Å². The van der Waals surface area contributed by atoms with Crippen LogP contribution in [0.1, 0.15) is 38.3 Å². The minimum atomic E-state index is -0.354. The van der Waals surface area contributed by atoms with Crippen LogP contribution in [0.15, 0.2) is 60.7 Å². The first-order valence-corrected chi connectivity index (χ1v) is 12.3. The number of ketones is 3. The lowest BCUT2D eigenvalue weighted by molar-refractivity contribution is -0.119. The van der Waals surface area contributed by atoms with Gasteiger partial charge in [0, 0.05) is 0 Å². The maximum absolute atomic E-state index is 10.8. The number of carbonyl (C=O) groups is 3. The zero-order valence-electron chi connectivity index (χ0n) is 20.2. The number of thioether (sulfide) groups is 1. The molecule has 0 aromatic heterocycles. The summed E-state index contributed by atoms with van der Waals surface area (Å²) < 4.78 is 0. The van der Waals surface area contributed by atoms with Crippen LogP contribution in [0.2, 0.25) is 0 Å². The van der Waals surface area contributed by atoms with E-state index >= 15 is 0 Å². The van der Waals surface area contributed by atoms with Gasteiger partial charge in [-0.15, -0.1) is 0 Å². The minimum absolute atomic E-state index is 0.0406. The second-order valence-corrected chi connectivity index (χ2v) is 8.80. The summed E-state index contributed by atoms with van der Waals surface area (Å²) in [5, 5.41) is 0. The van der Waals surface area contributed by atoms with E-state index in [2.05, 4.69) is 0 Å². The number of Topliss-reactive ketones (excluding diaryl/α,β-unsaturated/α-hetero) is 3. The lowest BCUT2D eigenvalue weighted by Crippen LogP contribution is -2.30. The predicted molar refractivity (Wildman–Crippen MR) is 139 cm³/mol. The maximum atomic E-state index is 10.8. The van der Waals surface area contributed by atoms with Gasteiger partial charge in [0.15, 0.2) is 0 Å². The Balaban J connectivity index is 0.000000472. The zero-order valence-corrected chi connectivity index (χ0v) is 21.0. The van der Waals surface area contributed by atoms with Crippen LogP contribution < -0.4 is 17.2 Å². The van der Waals surface area contributed by atoms with Crippen molar-refractivity contribution < 1.29 is 14.4 Å². The molecule has 0 aliphatic carbocycles. The summed E-state index contributed by atoms with van der Waals surface area (Å²) in [5.41, 5.74) is 18.9. The minimum Gasteiger partial charge on any atom is -0.321 e. The first-order valence-electron chi connectivity index (χ1n) is 10.9. The Morgan fingerprint density at radius 3 is 1.27 bits per heavy atom. The second-order valence-electron chi connectivity index (χ2n) is 7.81. The number of nitrogens with two attached hydrogens (primary N) is 3. The van der Waals surface area contributed by atoms with Crippen molar-refractivity contribution in [3.63, 3.8) is 0 Å². The van der Waals surface area contributed by atoms with E-state index in [9.17, 15) is 14.4 Å². The van der Waals surface area contributed by atoms with Crippen molar-refractivity contribution in [2.75, 3.05) is 12.0 Å². The molecular formula is C26H39N3O3S. The molecule has 0 radical (unpaired) electrons. The van der Waals surface area contributed by atoms with Gasteiger partial charge in [-0.2, -0.15) is 11.8 Å². The van der Waals surface area contributed by atoms with Crippen LogP contribution in [0.4, 0.5) is 0 Å². The summed E-state index contributed by atoms with van der Waals surface area (Å²) in [6.45, 7) is 4.58. The molecule has 2 aromatic carbocycles. The highest BCUT2D eigenvalue weighted by molar-refractivity contribution is 7.98. The molecule has 7 heteroatoms. The van der Waals surface area contributed by atoms with Gasteiger partial charge < -0.3 is 17.2 Å². The molecular weight excluding hydrogens is 434 g/mol. The lowest BCUT2D eigenvalue weighted by Gasteiger charge is -2.06. The second kappa shape index (κ2) is 18.1. The maximum Gasteiger partial charge on any atom is 0.146 e. The molecule has 0 unspecified atom stereocenters. The third kappa shape index (κ3) is 16.0. The topological polar surface area (TPSA) is 129 Å². The third-order valence-corrected chi connectivity index (χ3v) is 5.44. The molecule has 2 aromatic rings. The van der Waals surface area contributed by atoms with Gasteiger partial charge in [-0.3, -0.25) is 14.4 Å². The Hall–Kier alpha value is -2.32. The van der Waals surface area contributed by atoms with Gasteiger partial charge in [0.05, 0.1) is 18.1 Å². The number of benzene rings is 2. The van der Waals surface area contributed by atoms with Crippen molar-refractivity contribution in [1.29, 1.82) is 0 Å². The molecule has 3 atom stereocenters. The van der Waals surface area contributed by atoms with E-state index in [1.807, 2.05) is 66.9 Å². The van der Waals surface area contributed by atoms with Crippen LogP contribution in [0.3, 0.4) is 0 Å². The molecule has 0 saturated carbocycles. The summed E-state index contributed by atoms with van der Waals surface area (Å²) in [5.74, 6) is 1.14. The number of carbonyl (C=O) groups excluding carboxylic acids is 3. The van der Waals surface area contributed by atoms with Gasteiger partial charge in [0.25, 0.3) is 0 Å². The highest BCUT2D eigenvalue weighted by Gasteiger charge is 2.08. The molecule has 2 rings (SSSR count). The van der Waals surface area contributed by atoms with E-state index in [1.165, 1.54) is 20.8 Å². The molecule has 0 spiro atoms. The summed E-state index contributed by atoms with van der Waals surface area (Å²) in [7, 11) is 0. The highest BCUT2D eigenvalue weighted by Crippen LogP contribution is 2.03. The van der Waals surface area contributed by atoms with E-state index in [0.717, 1.165) is 23.3 Å². The summed E-state index contributed by atoms with van der Waals surface area (Å²) >= 11 is 1.72. The normalized spacial score (nSPS) is 12.7. The Bertz CT molecular complexity index is 759. The van der Waals surface area contributed by atoms with E-state index in [0.29, 0.717) is 12.8 Å². The summed E-state index contributed by atoms with van der Waals surface area (Å²) in [4.78, 5) is 32.2. The molecule has 33 heavy (non-hydrogen) atoms. The number of hydrogen-bond acceptors (Lipinski definition) is 7. The first kappa shape index (κ1) is 30.7. The van der Waals surface area contributed by atoms with Gasteiger partial charge in [0.2, 0.25) is 0 Å². The van der Waals surface area contributed by atoms with Crippen molar-refractivity contribution in [3.05, 3.63) is 71.8 Å². The molecule has 0 bridgehead atoms. The van der Waals surface area contributed by atoms with E-state index in [1.54, 1.807) is 11.8 Å². The smallest absolute Gasteiger partial charge is 0.146 e. The van der Waals surface area contributed by atoms with Crippen LogP contribution in [-0.2, 0) is 27.2 Å². The molecule has 0 amide bonds. The van der Waals surface area contributed by atoms with Crippen LogP contribution in [0, 0.1) is 0 Å². The molecule has 6 N–H and O–H groups in total. The average Bonchev–Trinajstić information content (AvgIpc) is 2.79. The SMILES string of the molecule is CC(=O)[C@@H](N)Cc1ccccc1.CC(=O)[C@H](N)Cc1ccccc1.CSCC[C@H](N)C(C)=O. The van der Waals surface area contributed by atoms with Gasteiger partial charge in [-0.1, -0.05) is 60.7 Å². The third-order valence-electron chi connectivity index (χ3n) is 4.80. The van der Waals surface area contributed by atoms with Crippen molar-refractivity contribution >= 4 is 29.1 Å². The Morgan fingerprint density at radius 1 is 0.667 bits per heavy atom. The van der Waals surface area contributed by atoms with E-state index in [4.69, 9.17) is 17.2 Å². The largest absolute Gasteiger partial charge is 0.321 e. The fraction of sp³-hybridized carbons (Fsp3) is 0.423. The molecule has 6 nitrogen and oxygen atoms in total. The molecule has 0 aliphatic rings. The zero-order chi connectivity index (χ0) is 25.2. The van der Waals surface area contributed by atoms with Gasteiger partial charge in [-0.05, 0) is 63.2 Å². The van der Waals surface area contributed by atoms with Gasteiger partial charge in [0.1, 0.15) is 17.3 Å². The first-order chi connectivity index (χ1) is 15.6. The van der Waals surface area contributed by atoms with Gasteiger partial charge >= 0.3 is 0 Å². The fourth-order valence-corrected chi connectivity index (χ4v) is 2.96. The van der Waals surface area contributed by atoms with Crippen LogP contribution in [0.25, 0.3) is 0 Å². The predicted octanol–water partition coefficient (Wildman–Crippen LogP) is 2.95. The number of rotatable bonds is 10. The molecule has 0 aliphatic heterocycles. The van der Waals surface area contributed by atoms with E-state index < -0.39 is 0 Å². The fourth-order valence-electron chi connectivity index (χ4n) is 2.47. The Labute approximate surface area is 202 Å². The quantitative estimate of drug-likeness (QED) is 0.484. The molecule has 0 heterocycles. The lowest BCUT2D eigenvalue weighted by atomic mass is 10.0. The highest BCUT2D eigenvalue weighted by atomic mass is 32.2. The van der Waals surface area contributed by atoms with E-state index in [-0.39, 0.29) is 35.5 Å². The summed E-state index contributed by atoms with van der Waals surface area (Å²) in [6.07, 6.45) is 4.08. The van der Waals surface area contributed by atoms with Gasteiger partial charge in [-0.25, -0.2) is 0 Å². The summed E-state index contributed by atoms with van der Waals surface area (Å²) in [6, 6.07) is 18.6. The average molecular weight is 474 g/mol. The van der Waals surface area contributed by atoms with Crippen molar-refractivity contribution in [3.8, 4) is 0 Å². The van der Waals surface area contributed by atoms with Crippen molar-refractivity contribution in [2.45, 2.75) is 58.2 Å². The molecule has 182 valence electrons. The monoisotopic (exact) mass is 473 g/mol. The Kier molecular flexibility index (Phi) is 16.9. The van der Waals surface area contributed by atoms with Crippen molar-refractivity contribution in [1.82, 2.24) is 0 Å². The van der Waals surface area contributed by atoms with Crippen LogP contribution in [-0.4, -0.2) is 47.5 Å².